The number of carbonyl (C=O) groups excluding carboxylic acids is 1. The number of para-hydroxylation sites is 2. The van der Waals surface area contributed by atoms with Crippen molar-refractivity contribution in [3.63, 3.8) is 0 Å². The Hall–Kier alpha value is -3.60. The third kappa shape index (κ3) is 4.49. The second kappa shape index (κ2) is 9.10. The van der Waals surface area contributed by atoms with Crippen molar-refractivity contribution >= 4 is 17.2 Å². The van der Waals surface area contributed by atoms with Gasteiger partial charge in [0, 0.05) is 23.9 Å². The lowest BCUT2D eigenvalue weighted by molar-refractivity contribution is -0.116. The number of Topliss-reactive ketones (excluding diaryl/α,β-unsaturated/α-hetero) is 1. The van der Waals surface area contributed by atoms with Gasteiger partial charge in [0.25, 0.3) is 0 Å². The zero-order valence-corrected chi connectivity index (χ0v) is 19.0. The van der Waals surface area contributed by atoms with Gasteiger partial charge in [0.05, 0.1) is 29.7 Å². The molecular formula is C28H29N3O2. The molecule has 33 heavy (non-hydrogen) atoms. The topological polar surface area (TPSA) is 63.2 Å². The minimum atomic E-state index is -0.280. The number of fused-ring (bicyclic) bond motifs is 1. The van der Waals surface area contributed by atoms with Crippen LogP contribution < -0.4 is 15.4 Å². The fourth-order valence-corrected chi connectivity index (χ4v) is 4.60. The number of allylic oxidation sites excluding steroid dienone is 1. The number of benzene rings is 2. The first-order valence-electron chi connectivity index (χ1n) is 11.6. The first-order valence-corrected chi connectivity index (χ1v) is 11.6. The summed E-state index contributed by atoms with van der Waals surface area (Å²) in [5.41, 5.74) is 5.73. The van der Waals surface area contributed by atoms with Gasteiger partial charge in [-0.2, -0.15) is 0 Å². The molecule has 168 valence electrons. The average Bonchev–Trinajstić information content (AvgIpc) is 3.00. The molecule has 2 N–H and O–H groups in total. The number of pyridine rings is 1. The lowest BCUT2D eigenvalue weighted by Gasteiger charge is -2.29. The maximum Gasteiger partial charge on any atom is 0.163 e. The largest absolute Gasteiger partial charge is 0.493 e. The molecule has 2 aromatic carbocycles. The minimum absolute atomic E-state index is 0.123. The third-order valence-electron chi connectivity index (χ3n) is 6.23. The number of ether oxygens (including phenoxy) is 1. The first-order chi connectivity index (χ1) is 16.1. The van der Waals surface area contributed by atoms with Gasteiger partial charge >= 0.3 is 0 Å². The number of nitrogens with one attached hydrogen (secondary N) is 2. The summed E-state index contributed by atoms with van der Waals surface area (Å²) < 4.78 is 5.83. The quantitative estimate of drug-likeness (QED) is 0.503. The standard InChI is InChI=1S/C28H29N3O2/c1-18(2)17-33-21-12-10-19(11-13-21)20-15-25-27(26(32)16-20)28(24-9-5-6-14-29-24)31-23-8-4-3-7-22(23)30-25/h3-14,18,20,28,30-31H,15-17H2,1-2H3. The fourth-order valence-electron chi connectivity index (χ4n) is 4.60. The van der Waals surface area contributed by atoms with Crippen molar-refractivity contribution < 1.29 is 9.53 Å². The first kappa shape index (κ1) is 21.3. The molecule has 2 unspecified atom stereocenters. The van der Waals surface area contributed by atoms with E-state index in [0.717, 1.165) is 46.1 Å². The van der Waals surface area contributed by atoms with Gasteiger partial charge < -0.3 is 15.4 Å². The summed E-state index contributed by atoms with van der Waals surface area (Å²) in [7, 11) is 0. The van der Waals surface area contributed by atoms with Gasteiger partial charge in [-0.05, 0) is 60.2 Å². The number of carbonyl (C=O) groups is 1. The summed E-state index contributed by atoms with van der Waals surface area (Å²) >= 11 is 0. The smallest absolute Gasteiger partial charge is 0.163 e. The number of aromatic nitrogens is 1. The SMILES string of the molecule is CC(C)COc1ccc(C2CC(=O)C3=C(C2)Nc2ccccc2NC3c2ccccn2)cc1. The van der Waals surface area contributed by atoms with Crippen LogP contribution >= 0.6 is 0 Å². The summed E-state index contributed by atoms with van der Waals surface area (Å²) in [5, 5.41) is 7.15. The van der Waals surface area contributed by atoms with Crippen LogP contribution in [0.1, 0.15) is 49.9 Å². The lowest BCUT2D eigenvalue weighted by atomic mass is 9.79. The van der Waals surface area contributed by atoms with E-state index >= 15 is 0 Å². The van der Waals surface area contributed by atoms with E-state index in [1.807, 2.05) is 54.6 Å². The Morgan fingerprint density at radius 1 is 0.970 bits per heavy atom. The fraction of sp³-hybridized carbons (Fsp3) is 0.286. The molecule has 2 atom stereocenters. The number of hydrogen-bond acceptors (Lipinski definition) is 5. The van der Waals surface area contributed by atoms with Crippen LogP contribution in [0.15, 0.2) is 84.2 Å². The van der Waals surface area contributed by atoms with Crippen molar-refractivity contribution in [2.45, 2.75) is 38.6 Å². The van der Waals surface area contributed by atoms with Gasteiger partial charge in [0.1, 0.15) is 5.75 Å². The highest BCUT2D eigenvalue weighted by Crippen LogP contribution is 2.43. The van der Waals surface area contributed by atoms with Gasteiger partial charge in [-0.3, -0.25) is 9.78 Å². The average molecular weight is 440 g/mol. The van der Waals surface area contributed by atoms with Crippen LogP contribution in [0.3, 0.4) is 0 Å². The molecule has 0 saturated carbocycles. The van der Waals surface area contributed by atoms with E-state index in [4.69, 9.17) is 4.74 Å². The highest BCUT2D eigenvalue weighted by atomic mass is 16.5. The molecule has 5 heteroatoms. The van der Waals surface area contributed by atoms with Crippen LogP contribution in [0.4, 0.5) is 11.4 Å². The van der Waals surface area contributed by atoms with Crippen LogP contribution in [0.5, 0.6) is 5.75 Å². The number of anilines is 2. The summed E-state index contributed by atoms with van der Waals surface area (Å²) in [6.07, 6.45) is 3.03. The van der Waals surface area contributed by atoms with E-state index in [1.165, 1.54) is 0 Å². The van der Waals surface area contributed by atoms with E-state index < -0.39 is 0 Å². The maximum atomic E-state index is 13.6. The molecule has 2 heterocycles. The van der Waals surface area contributed by atoms with Gasteiger partial charge in [-0.15, -0.1) is 0 Å². The maximum absolute atomic E-state index is 13.6. The molecule has 1 aliphatic heterocycles. The highest BCUT2D eigenvalue weighted by Gasteiger charge is 2.36. The predicted molar refractivity (Wildman–Crippen MR) is 131 cm³/mol. The van der Waals surface area contributed by atoms with E-state index in [2.05, 4.69) is 41.6 Å². The Balaban J connectivity index is 1.47. The van der Waals surface area contributed by atoms with Crippen molar-refractivity contribution in [1.82, 2.24) is 4.98 Å². The highest BCUT2D eigenvalue weighted by molar-refractivity contribution is 6.01. The predicted octanol–water partition coefficient (Wildman–Crippen LogP) is 6.10. The van der Waals surface area contributed by atoms with Gasteiger partial charge in [0.2, 0.25) is 0 Å². The Labute approximate surface area is 194 Å². The Bertz CT molecular complexity index is 1170. The molecule has 1 aromatic heterocycles. The van der Waals surface area contributed by atoms with Gasteiger partial charge in [0.15, 0.2) is 5.78 Å². The monoisotopic (exact) mass is 439 g/mol. The molecule has 0 saturated heterocycles. The Kier molecular flexibility index (Phi) is 5.86. The van der Waals surface area contributed by atoms with Crippen LogP contribution in [0, 0.1) is 5.92 Å². The molecule has 5 rings (SSSR count). The number of rotatable bonds is 5. The molecule has 0 bridgehead atoms. The minimum Gasteiger partial charge on any atom is -0.493 e. The molecule has 1 aliphatic carbocycles. The third-order valence-corrected chi connectivity index (χ3v) is 6.23. The zero-order chi connectivity index (χ0) is 22.8. The summed E-state index contributed by atoms with van der Waals surface area (Å²) in [6, 6.07) is 21.9. The van der Waals surface area contributed by atoms with E-state index in [9.17, 15) is 4.79 Å². The van der Waals surface area contributed by atoms with Crippen molar-refractivity contribution in [2.75, 3.05) is 17.2 Å². The van der Waals surface area contributed by atoms with Crippen LogP contribution in [0.25, 0.3) is 0 Å². The van der Waals surface area contributed by atoms with Crippen molar-refractivity contribution in [2.24, 2.45) is 5.92 Å². The van der Waals surface area contributed by atoms with Crippen LogP contribution in [-0.4, -0.2) is 17.4 Å². The van der Waals surface area contributed by atoms with Crippen LogP contribution in [-0.2, 0) is 4.79 Å². The Morgan fingerprint density at radius 3 is 2.45 bits per heavy atom. The molecular weight excluding hydrogens is 410 g/mol. The van der Waals surface area contributed by atoms with E-state index in [1.54, 1.807) is 6.20 Å². The molecule has 3 aromatic rings. The normalized spacial score (nSPS) is 19.8. The van der Waals surface area contributed by atoms with Crippen molar-refractivity contribution in [1.29, 1.82) is 0 Å². The molecule has 0 fully saturated rings. The van der Waals surface area contributed by atoms with Gasteiger partial charge in [-0.25, -0.2) is 0 Å². The van der Waals surface area contributed by atoms with E-state index in [0.29, 0.717) is 18.9 Å². The molecule has 0 amide bonds. The number of nitrogens with zero attached hydrogens (tertiary/aromatic N) is 1. The Morgan fingerprint density at radius 2 is 1.73 bits per heavy atom. The van der Waals surface area contributed by atoms with E-state index in [-0.39, 0.29) is 17.7 Å². The number of hydrogen-bond donors (Lipinski definition) is 2. The summed E-state index contributed by atoms with van der Waals surface area (Å²) in [6.45, 7) is 4.97. The summed E-state index contributed by atoms with van der Waals surface area (Å²) in [4.78, 5) is 18.1. The van der Waals surface area contributed by atoms with Crippen molar-refractivity contribution in [3.8, 4) is 5.75 Å². The second-order valence-electron chi connectivity index (χ2n) is 9.20. The van der Waals surface area contributed by atoms with Crippen LogP contribution in [0.2, 0.25) is 0 Å². The molecule has 5 nitrogen and oxygen atoms in total. The molecule has 0 radical (unpaired) electrons. The number of ketones is 1. The van der Waals surface area contributed by atoms with Gasteiger partial charge in [-0.1, -0.05) is 44.2 Å². The lowest BCUT2D eigenvalue weighted by Crippen LogP contribution is -2.27. The zero-order valence-electron chi connectivity index (χ0n) is 19.0. The molecule has 2 aliphatic rings. The molecule has 0 spiro atoms. The second-order valence-corrected chi connectivity index (χ2v) is 9.20. The summed E-state index contributed by atoms with van der Waals surface area (Å²) in [5.74, 6) is 1.63. The van der Waals surface area contributed by atoms with Crippen molar-refractivity contribution in [3.05, 3.63) is 95.5 Å².